The number of sulfone groups is 1. The molecule has 138 valence electrons. The van der Waals surface area contributed by atoms with Gasteiger partial charge in [-0.3, -0.25) is 0 Å². The third-order valence-corrected chi connectivity index (χ3v) is 9.99. The Morgan fingerprint density at radius 1 is 1.04 bits per heavy atom. The molecule has 0 aliphatic rings. The predicted molar refractivity (Wildman–Crippen MR) is 101 cm³/mol. The Morgan fingerprint density at radius 3 is 2.19 bits per heavy atom. The van der Waals surface area contributed by atoms with Crippen LogP contribution in [0.15, 0.2) is 50.0 Å². The molecule has 0 aliphatic carbocycles. The molecule has 6 nitrogen and oxygen atoms in total. The molecule has 1 aromatic carbocycles. The monoisotopic (exact) mass is 470 g/mol. The van der Waals surface area contributed by atoms with Crippen LogP contribution >= 0.6 is 46.1 Å². The molecule has 26 heavy (non-hydrogen) atoms. The van der Waals surface area contributed by atoms with E-state index < -0.39 is 19.9 Å². The molecule has 0 atom stereocenters. The van der Waals surface area contributed by atoms with Gasteiger partial charge < -0.3 is 0 Å². The van der Waals surface area contributed by atoms with Crippen LogP contribution in [0.25, 0.3) is 0 Å². The van der Waals surface area contributed by atoms with Gasteiger partial charge in [0.15, 0.2) is 10.3 Å². The molecule has 0 saturated heterocycles. The topological polar surface area (TPSA) is 86.1 Å². The number of halogens is 3. The third-order valence-electron chi connectivity index (χ3n) is 3.50. The fourth-order valence-electron chi connectivity index (χ4n) is 2.20. The lowest BCUT2D eigenvalue weighted by molar-refractivity contribution is 0.588. The molecule has 0 aliphatic heterocycles. The SMILES string of the molecule is Cc1c(S(=O)(=O)c2ccc(Cl)cc2)csc1S(=O)(=O)n1cnc(Cl)c1Cl. The number of nitrogens with zero attached hydrogens (tertiary/aromatic N) is 2. The Morgan fingerprint density at radius 2 is 1.65 bits per heavy atom. The molecule has 3 rings (SSSR count). The molecule has 12 heteroatoms. The quantitative estimate of drug-likeness (QED) is 0.567. The van der Waals surface area contributed by atoms with Crippen molar-refractivity contribution in [1.82, 2.24) is 8.96 Å². The van der Waals surface area contributed by atoms with Crippen molar-refractivity contribution >= 4 is 66.0 Å². The van der Waals surface area contributed by atoms with Crippen molar-refractivity contribution in [3.05, 3.63) is 56.9 Å². The van der Waals surface area contributed by atoms with Crippen molar-refractivity contribution in [3.8, 4) is 0 Å². The number of rotatable bonds is 4. The number of benzene rings is 1. The number of hydrogen-bond donors (Lipinski definition) is 0. The van der Waals surface area contributed by atoms with E-state index in [9.17, 15) is 16.8 Å². The van der Waals surface area contributed by atoms with E-state index in [0.717, 1.165) is 17.7 Å². The summed E-state index contributed by atoms with van der Waals surface area (Å²) in [7, 11) is -8.05. The molecular weight excluding hydrogens is 463 g/mol. The van der Waals surface area contributed by atoms with Crippen molar-refractivity contribution in [1.29, 1.82) is 0 Å². The van der Waals surface area contributed by atoms with Gasteiger partial charge in [0.25, 0.3) is 10.0 Å². The molecule has 0 radical (unpaired) electrons. The van der Waals surface area contributed by atoms with Gasteiger partial charge in [0.2, 0.25) is 9.84 Å². The van der Waals surface area contributed by atoms with Gasteiger partial charge in [0.1, 0.15) is 10.5 Å². The minimum Gasteiger partial charge on any atom is -0.222 e. The second-order valence-electron chi connectivity index (χ2n) is 5.10. The number of hydrogen-bond acceptors (Lipinski definition) is 6. The number of aromatic nitrogens is 2. The summed E-state index contributed by atoms with van der Waals surface area (Å²) in [6, 6.07) is 5.60. The summed E-state index contributed by atoms with van der Waals surface area (Å²) in [5.74, 6) is 0. The first-order valence-electron chi connectivity index (χ1n) is 6.79. The van der Waals surface area contributed by atoms with Crippen molar-refractivity contribution in [2.45, 2.75) is 20.9 Å². The van der Waals surface area contributed by atoms with E-state index in [2.05, 4.69) is 4.98 Å². The number of thiophene rings is 1. The zero-order valence-corrected chi connectivity index (χ0v) is 17.6. The van der Waals surface area contributed by atoms with Crippen LogP contribution in [0.4, 0.5) is 0 Å². The van der Waals surface area contributed by atoms with E-state index in [0.29, 0.717) is 9.00 Å². The van der Waals surface area contributed by atoms with Gasteiger partial charge in [-0.25, -0.2) is 17.4 Å². The Bertz CT molecular complexity index is 1200. The van der Waals surface area contributed by atoms with Crippen LogP contribution in [0, 0.1) is 6.92 Å². The van der Waals surface area contributed by atoms with Crippen molar-refractivity contribution in [2.75, 3.05) is 0 Å². The van der Waals surface area contributed by atoms with Gasteiger partial charge in [-0.15, -0.1) is 11.3 Å². The van der Waals surface area contributed by atoms with Crippen LogP contribution in [0.1, 0.15) is 5.56 Å². The van der Waals surface area contributed by atoms with Gasteiger partial charge in [-0.05, 0) is 36.8 Å². The van der Waals surface area contributed by atoms with E-state index in [-0.39, 0.29) is 29.9 Å². The zero-order valence-electron chi connectivity index (χ0n) is 12.9. The molecule has 2 aromatic heterocycles. The highest BCUT2D eigenvalue weighted by molar-refractivity contribution is 7.93. The van der Waals surface area contributed by atoms with E-state index in [1.807, 2.05) is 0 Å². The summed E-state index contributed by atoms with van der Waals surface area (Å²) in [6.45, 7) is 1.42. The first-order valence-corrected chi connectivity index (χ1v) is 11.7. The highest BCUT2D eigenvalue weighted by atomic mass is 35.5. The second-order valence-corrected chi connectivity index (χ2v) is 11.1. The largest absolute Gasteiger partial charge is 0.280 e. The summed E-state index contributed by atoms with van der Waals surface area (Å²) >= 11 is 18.1. The molecular formula is C14H9Cl3N2O4S3. The standard InChI is InChI=1S/C14H9Cl3N2O4S3/c1-8-11(25(20,21)10-4-2-9(15)3-5-10)6-24-14(8)26(22,23)19-7-18-12(16)13(19)17/h2-7H,1H3. The Kier molecular flexibility index (Phi) is 5.15. The summed E-state index contributed by atoms with van der Waals surface area (Å²) in [4.78, 5) is 3.54. The molecule has 0 saturated carbocycles. The fraction of sp³-hybridized carbons (Fsp3) is 0.0714. The third kappa shape index (κ3) is 3.17. The minimum atomic E-state index is -4.14. The zero-order chi connectivity index (χ0) is 19.3. The molecule has 2 heterocycles. The second kappa shape index (κ2) is 6.81. The van der Waals surface area contributed by atoms with Gasteiger partial charge in [-0.2, -0.15) is 8.42 Å². The lowest BCUT2D eigenvalue weighted by Gasteiger charge is -2.07. The minimum absolute atomic E-state index is 0.00968. The van der Waals surface area contributed by atoms with Crippen molar-refractivity contribution < 1.29 is 16.8 Å². The van der Waals surface area contributed by atoms with Gasteiger partial charge in [-0.1, -0.05) is 34.8 Å². The molecule has 3 aromatic rings. The average Bonchev–Trinajstić information content (AvgIpc) is 3.12. The van der Waals surface area contributed by atoms with Crippen LogP contribution in [0.2, 0.25) is 15.3 Å². The van der Waals surface area contributed by atoms with E-state index >= 15 is 0 Å². The summed E-state index contributed by atoms with van der Waals surface area (Å²) in [6.07, 6.45) is 0.965. The van der Waals surface area contributed by atoms with E-state index in [1.165, 1.54) is 36.6 Å². The maximum Gasteiger partial charge on any atom is 0.280 e. The fourth-order valence-corrected chi connectivity index (χ4v) is 7.60. The van der Waals surface area contributed by atoms with Crippen molar-refractivity contribution in [3.63, 3.8) is 0 Å². The average molecular weight is 472 g/mol. The van der Waals surface area contributed by atoms with Crippen LogP contribution < -0.4 is 0 Å². The molecule has 0 unspecified atom stereocenters. The van der Waals surface area contributed by atoms with Crippen LogP contribution in [-0.4, -0.2) is 25.8 Å². The Hall–Kier alpha value is -1.10. The van der Waals surface area contributed by atoms with Crippen molar-refractivity contribution in [2.24, 2.45) is 0 Å². The highest BCUT2D eigenvalue weighted by Crippen LogP contribution is 2.36. The molecule has 0 fully saturated rings. The van der Waals surface area contributed by atoms with E-state index in [4.69, 9.17) is 34.8 Å². The lowest BCUT2D eigenvalue weighted by Crippen LogP contribution is -2.12. The predicted octanol–water partition coefficient (Wildman–Crippen LogP) is 4.28. The van der Waals surface area contributed by atoms with E-state index in [1.54, 1.807) is 0 Å². The van der Waals surface area contributed by atoms with Crippen LogP contribution in [-0.2, 0) is 19.9 Å². The molecule has 0 N–H and O–H groups in total. The number of imidazole rings is 1. The summed E-state index contributed by atoms with van der Waals surface area (Å²) in [5, 5.41) is 1.22. The van der Waals surface area contributed by atoms with Crippen LogP contribution in [0.3, 0.4) is 0 Å². The summed E-state index contributed by atoms with van der Waals surface area (Å²) < 4.78 is 51.7. The first-order chi connectivity index (χ1) is 12.1. The Labute approximate surface area is 168 Å². The van der Waals surface area contributed by atoms with Crippen LogP contribution in [0.5, 0.6) is 0 Å². The lowest BCUT2D eigenvalue weighted by atomic mass is 10.4. The molecule has 0 bridgehead atoms. The molecule has 0 amide bonds. The first kappa shape index (κ1) is 19.7. The normalized spacial score (nSPS) is 12.5. The van der Waals surface area contributed by atoms with Gasteiger partial charge >= 0.3 is 0 Å². The van der Waals surface area contributed by atoms with Gasteiger partial charge in [0, 0.05) is 10.4 Å². The maximum atomic E-state index is 12.8. The summed E-state index contributed by atoms with van der Waals surface area (Å²) in [5.41, 5.74) is 0.0887. The van der Waals surface area contributed by atoms with Gasteiger partial charge in [0.05, 0.1) is 9.79 Å². The smallest absolute Gasteiger partial charge is 0.222 e. The highest BCUT2D eigenvalue weighted by Gasteiger charge is 2.30. The Balaban J connectivity index is 2.14. The molecule has 0 spiro atoms. The maximum absolute atomic E-state index is 12.8.